The molecule has 1 saturated heterocycles. The SMILES string of the molecule is COc1cc([C@H]2/C(=C(\O)c3ccc(OCc4ccccc4C)cc3)C(=O)C(=O)N2c2nnc(C)s2)ccc1O. The molecule has 2 N–H and O–H groups in total. The Hall–Kier alpha value is -4.70. The van der Waals surface area contributed by atoms with E-state index in [1.54, 1.807) is 37.3 Å². The largest absolute Gasteiger partial charge is 0.507 e. The molecule has 9 nitrogen and oxygen atoms in total. The standard InChI is InChI=1S/C29H25N3O6S/c1-16-6-4-5-7-20(16)15-38-21-11-8-18(9-12-21)26(34)24-25(19-10-13-22(33)23(14-19)37-3)32(28(36)27(24)35)29-31-30-17(2)39-29/h4-14,25,33-34H,15H2,1-3H3/b26-24+/t25-/m0/s1. The Morgan fingerprint density at radius 2 is 1.77 bits per heavy atom. The number of aryl methyl sites for hydroxylation is 2. The number of ketones is 1. The molecule has 198 valence electrons. The van der Waals surface area contributed by atoms with E-state index in [4.69, 9.17) is 9.47 Å². The lowest BCUT2D eigenvalue weighted by Gasteiger charge is -2.23. The van der Waals surface area contributed by atoms with Crippen LogP contribution >= 0.6 is 11.3 Å². The molecule has 0 saturated carbocycles. The fourth-order valence-corrected chi connectivity index (χ4v) is 5.10. The number of phenolic OH excluding ortho intramolecular Hbond substituents is 1. The molecule has 5 rings (SSSR count). The minimum Gasteiger partial charge on any atom is -0.507 e. The van der Waals surface area contributed by atoms with E-state index < -0.39 is 17.7 Å². The number of anilines is 1. The van der Waals surface area contributed by atoms with E-state index >= 15 is 0 Å². The van der Waals surface area contributed by atoms with Gasteiger partial charge in [0.2, 0.25) is 5.13 Å². The lowest BCUT2D eigenvalue weighted by Crippen LogP contribution is -2.29. The van der Waals surface area contributed by atoms with E-state index in [0.29, 0.717) is 28.5 Å². The Morgan fingerprint density at radius 3 is 2.44 bits per heavy atom. The van der Waals surface area contributed by atoms with Crippen molar-refractivity contribution in [1.82, 2.24) is 10.2 Å². The van der Waals surface area contributed by atoms with E-state index in [1.165, 1.54) is 24.1 Å². The summed E-state index contributed by atoms with van der Waals surface area (Å²) in [7, 11) is 1.40. The van der Waals surface area contributed by atoms with Crippen LogP contribution in [0.15, 0.2) is 72.3 Å². The number of aromatic nitrogens is 2. The average Bonchev–Trinajstić information content (AvgIpc) is 3.48. The third-order valence-corrected chi connectivity index (χ3v) is 7.31. The van der Waals surface area contributed by atoms with Crippen LogP contribution in [-0.2, 0) is 16.2 Å². The van der Waals surface area contributed by atoms with Crippen molar-refractivity contribution in [3.63, 3.8) is 0 Å². The van der Waals surface area contributed by atoms with E-state index in [0.717, 1.165) is 22.5 Å². The van der Waals surface area contributed by atoms with Crippen LogP contribution in [0.5, 0.6) is 17.2 Å². The molecule has 39 heavy (non-hydrogen) atoms. The maximum atomic E-state index is 13.3. The van der Waals surface area contributed by atoms with Crippen molar-refractivity contribution in [2.24, 2.45) is 0 Å². The predicted molar refractivity (Wildman–Crippen MR) is 146 cm³/mol. The summed E-state index contributed by atoms with van der Waals surface area (Å²) in [6.07, 6.45) is 0. The molecule has 10 heteroatoms. The number of rotatable bonds is 7. The highest BCUT2D eigenvalue weighted by molar-refractivity contribution is 7.15. The summed E-state index contributed by atoms with van der Waals surface area (Å²) in [5.41, 5.74) is 2.83. The molecule has 1 aromatic heterocycles. The van der Waals surface area contributed by atoms with Gasteiger partial charge in [-0.25, -0.2) is 0 Å². The van der Waals surface area contributed by atoms with Crippen LogP contribution in [0.25, 0.3) is 5.76 Å². The third-order valence-electron chi connectivity index (χ3n) is 6.47. The van der Waals surface area contributed by atoms with Gasteiger partial charge in [0.1, 0.15) is 23.1 Å². The molecular weight excluding hydrogens is 518 g/mol. The Kier molecular flexibility index (Phi) is 7.03. The highest BCUT2D eigenvalue weighted by Crippen LogP contribution is 2.44. The number of benzene rings is 3. The second-order valence-electron chi connectivity index (χ2n) is 8.94. The number of nitrogens with zero attached hydrogens (tertiary/aromatic N) is 3. The summed E-state index contributed by atoms with van der Waals surface area (Å²) in [5, 5.41) is 30.3. The van der Waals surface area contributed by atoms with Crippen molar-refractivity contribution >= 4 is 33.9 Å². The van der Waals surface area contributed by atoms with Crippen molar-refractivity contribution in [3.05, 3.63) is 99.6 Å². The summed E-state index contributed by atoms with van der Waals surface area (Å²) < 4.78 is 11.1. The zero-order valence-electron chi connectivity index (χ0n) is 21.4. The number of aliphatic hydroxyl groups is 1. The smallest absolute Gasteiger partial charge is 0.301 e. The summed E-state index contributed by atoms with van der Waals surface area (Å²) in [4.78, 5) is 27.8. The normalized spacial score (nSPS) is 16.5. The van der Waals surface area contributed by atoms with Gasteiger partial charge in [0, 0.05) is 5.56 Å². The first-order valence-corrected chi connectivity index (χ1v) is 12.9. The summed E-state index contributed by atoms with van der Waals surface area (Å²) >= 11 is 1.15. The summed E-state index contributed by atoms with van der Waals surface area (Å²) in [5.74, 6) is -1.42. The molecule has 0 aliphatic carbocycles. The Morgan fingerprint density at radius 1 is 1.03 bits per heavy atom. The molecular formula is C29H25N3O6S. The van der Waals surface area contributed by atoms with Gasteiger partial charge in [-0.3, -0.25) is 14.5 Å². The van der Waals surface area contributed by atoms with Gasteiger partial charge in [-0.2, -0.15) is 0 Å². The van der Waals surface area contributed by atoms with E-state index in [1.807, 2.05) is 31.2 Å². The van der Waals surface area contributed by atoms with Gasteiger partial charge in [-0.05, 0) is 66.9 Å². The van der Waals surface area contributed by atoms with E-state index in [2.05, 4.69) is 10.2 Å². The van der Waals surface area contributed by atoms with Crippen LogP contribution < -0.4 is 14.4 Å². The second-order valence-corrected chi connectivity index (χ2v) is 10.1. The molecule has 1 fully saturated rings. The molecule has 2 heterocycles. The molecule has 1 amide bonds. The van der Waals surface area contributed by atoms with Crippen LogP contribution in [0.2, 0.25) is 0 Å². The predicted octanol–water partition coefficient (Wildman–Crippen LogP) is 5.07. The second kappa shape index (κ2) is 10.6. The van der Waals surface area contributed by atoms with Crippen LogP contribution in [0, 0.1) is 13.8 Å². The van der Waals surface area contributed by atoms with Crippen molar-refractivity contribution < 1.29 is 29.3 Å². The number of hydrogen-bond acceptors (Lipinski definition) is 9. The molecule has 4 aromatic rings. The molecule has 1 aliphatic rings. The quantitative estimate of drug-likeness (QED) is 0.188. The number of carbonyl (C=O) groups excluding carboxylic acids is 2. The highest BCUT2D eigenvalue weighted by Gasteiger charge is 2.48. The van der Waals surface area contributed by atoms with Gasteiger partial charge in [-0.1, -0.05) is 41.7 Å². The van der Waals surface area contributed by atoms with E-state index in [-0.39, 0.29) is 28.0 Å². The van der Waals surface area contributed by atoms with Crippen molar-refractivity contribution in [1.29, 1.82) is 0 Å². The van der Waals surface area contributed by atoms with Crippen LogP contribution in [0.4, 0.5) is 5.13 Å². The van der Waals surface area contributed by atoms with Gasteiger partial charge >= 0.3 is 5.91 Å². The Bertz CT molecular complexity index is 1590. The lowest BCUT2D eigenvalue weighted by molar-refractivity contribution is -0.132. The zero-order chi connectivity index (χ0) is 27.7. The molecule has 3 aromatic carbocycles. The molecule has 1 aliphatic heterocycles. The fraction of sp³-hybridized carbons (Fsp3) is 0.172. The van der Waals surface area contributed by atoms with Crippen molar-refractivity contribution in [3.8, 4) is 17.2 Å². The fourth-order valence-electron chi connectivity index (χ4n) is 4.39. The Balaban J connectivity index is 1.53. The van der Waals surface area contributed by atoms with Crippen molar-refractivity contribution in [2.75, 3.05) is 12.0 Å². The molecule has 0 bridgehead atoms. The number of ether oxygens (including phenoxy) is 2. The first kappa shape index (κ1) is 25.9. The molecule has 0 radical (unpaired) electrons. The van der Waals surface area contributed by atoms with Crippen molar-refractivity contribution in [2.45, 2.75) is 26.5 Å². The average molecular weight is 544 g/mol. The number of hydrogen-bond donors (Lipinski definition) is 2. The maximum Gasteiger partial charge on any atom is 0.301 e. The number of aromatic hydroxyl groups is 1. The third kappa shape index (κ3) is 4.94. The molecule has 0 spiro atoms. The topological polar surface area (TPSA) is 122 Å². The lowest BCUT2D eigenvalue weighted by atomic mass is 9.95. The van der Waals surface area contributed by atoms with Gasteiger partial charge < -0.3 is 19.7 Å². The number of amides is 1. The van der Waals surface area contributed by atoms with Crippen LogP contribution in [0.1, 0.15) is 33.3 Å². The minimum absolute atomic E-state index is 0.105. The van der Waals surface area contributed by atoms with E-state index in [9.17, 15) is 19.8 Å². The first-order chi connectivity index (χ1) is 18.8. The van der Waals surface area contributed by atoms with Gasteiger partial charge in [0.05, 0.1) is 18.7 Å². The zero-order valence-corrected chi connectivity index (χ0v) is 22.2. The summed E-state index contributed by atoms with van der Waals surface area (Å²) in [6, 6.07) is 18.0. The van der Waals surface area contributed by atoms with Crippen LogP contribution in [-0.4, -0.2) is 39.2 Å². The van der Waals surface area contributed by atoms with Gasteiger partial charge in [0.25, 0.3) is 5.78 Å². The number of carbonyl (C=O) groups is 2. The van der Waals surface area contributed by atoms with Gasteiger partial charge in [-0.15, -0.1) is 10.2 Å². The monoisotopic (exact) mass is 543 g/mol. The summed E-state index contributed by atoms with van der Waals surface area (Å²) in [6.45, 7) is 4.13. The van der Waals surface area contributed by atoms with Crippen LogP contribution in [0.3, 0.4) is 0 Å². The maximum absolute atomic E-state index is 13.3. The number of methoxy groups -OCH3 is 1. The Labute approximate surface area is 228 Å². The number of aliphatic hydroxyl groups excluding tert-OH is 1. The molecule has 1 atom stereocenters. The number of phenols is 1. The highest BCUT2D eigenvalue weighted by atomic mass is 32.1. The minimum atomic E-state index is -1.02. The van der Waals surface area contributed by atoms with Gasteiger partial charge in [0.15, 0.2) is 11.5 Å². The molecule has 0 unspecified atom stereocenters. The number of Topliss-reactive ketones (excluding diaryl/α,β-unsaturated/α-hetero) is 1. The first-order valence-electron chi connectivity index (χ1n) is 12.0.